The van der Waals surface area contributed by atoms with Crippen molar-refractivity contribution < 1.29 is 31.6 Å². The fourth-order valence-corrected chi connectivity index (χ4v) is 5.48. The number of carbonyl (C=O) groups excluding carboxylic acids is 1. The van der Waals surface area contributed by atoms with Gasteiger partial charge in [-0.05, 0) is 31.5 Å². The fraction of sp³-hybridized carbons (Fsp3) is 0.273. The molecule has 7 nitrogen and oxygen atoms in total. The third-order valence-corrected chi connectivity index (χ3v) is 7.29. The maximum absolute atomic E-state index is 13.8. The second-order valence-corrected chi connectivity index (χ2v) is 9.39. The third-order valence-electron chi connectivity index (χ3n) is 4.64. The van der Waals surface area contributed by atoms with Crippen molar-refractivity contribution in [2.45, 2.75) is 25.8 Å². The van der Waals surface area contributed by atoms with Crippen molar-refractivity contribution >= 4 is 25.1 Å². The molecule has 34 heavy (non-hydrogen) atoms. The molecule has 1 N–H and O–H groups in total. The van der Waals surface area contributed by atoms with Gasteiger partial charge in [-0.25, -0.2) is 4.68 Å². The Labute approximate surface area is 199 Å². The topological polar surface area (TPSA) is 82.4 Å². The van der Waals surface area contributed by atoms with Crippen molar-refractivity contribution in [3.63, 3.8) is 0 Å². The second kappa shape index (κ2) is 10.7. The predicted octanol–water partition coefficient (Wildman–Crippen LogP) is 6.24. The Kier molecular flexibility index (Phi) is 8.20. The normalized spacial score (nSPS) is 13.0. The number of para-hydroxylation sites is 1. The predicted molar refractivity (Wildman–Crippen MR) is 121 cm³/mol. The minimum absolute atomic E-state index is 0.0169. The Morgan fingerprint density at radius 2 is 1.59 bits per heavy atom. The molecule has 182 valence electrons. The van der Waals surface area contributed by atoms with Crippen LogP contribution in [0, 0.1) is 0 Å². The van der Waals surface area contributed by atoms with Crippen LogP contribution in [0.5, 0.6) is 0 Å². The minimum Gasteiger partial charge on any atom is -0.334 e. The highest BCUT2D eigenvalue weighted by Crippen LogP contribution is 2.59. The maximum atomic E-state index is 13.8. The van der Waals surface area contributed by atoms with Crippen LogP contribution >= 0.6 is 19.2 Å². The van der Waals surface area contributed by atoms with Gasteiger partial charge in [0.1, 0.15) is 10.7 Å². The van der Waals surface area contributed by atoms with Crippen molar-refractivity contribution in [3.8, 4) is 5.69 Å². The van der Waals surface area contributed by atoms with E-state index >= 15 is 0 Å². The largest absolute Gasteiger partial charge is 0.436 e. The van der Waals surface area contributed by atoms with E-state index in [1.807, 2.05) is 0 Å². The molecule has 0 saturated heterocycles. The molecule has 0 spiro atoms. The Morgan fingerprint density at radius 3 is 2.09 bits per heavy atom. The van der Waals surface area contributed by atoms with Crippen LogP contribution in [0.2, 0.25) is 5.15 Å². The first-order valence-electron chi connectivity index (χ1n) is 10.3. The molecule has 0 aliphatic carbocycles. The molecule has 1 heterocycles. The second-order valence-electron chi connectivity index (χ2n) is 6.92. The summed E-state index contributed by atoms with van der Waals surface area (Å²) < 4.78 is 66.6. The molecule has 3 rings (SSSR count). The highest BCUT2D eigenvalue weighted by molar-refractivity contribution is 7.54. The van der Waals surface area contributed by atoms with Gasteiger partial charge in [-0.1, -0.05) is 60.1 Å². The molecule has 0 saturated carbocycles. The van der Waals surface area contributed by atoms with Crippen LogP contribution in [0.15, 0.2) is 60.7 Å². The third kappa shape index (κ3) is 5.52. The van der Waals surface area contributed by atoms with Gasteiger partial charge in [0.2, 0.25) is 0 Å². The van der Waals surface area contributed by atoms with E-state index in [1.165, 1.54) is 12.1 Å². The van der Waals surface area contributed by atoms with E-state index in [-0.39, 0.29) is 18.9 Å². The summed E-state index contributed by atoms with van der Waals surface area (Å²) in [6, 6.07) is 15.9. The van der Waals surface area contributed by atoms with Crippen LogP contribution in [0.25, 0.3) is 5.69 Å². The van der Waals surface area contributed by atoms with Crippen molar-refractivity contribution in [1.82, 2.24) is 15.1 Å². The Morgan fingerprint density at radius 1 is 1.06 bits per heavy atom. The number of nitrogens with one attached hydrogen (secondary N) is 1. The van der Waals surface area contributed by atoms with E-state index in [0.717, 1.165) is 4.68 Å². The first-order valence-corrected chi connectivity index (χ1v) is 12.3. The minimum atomic E-state index is -4.98. The highest BCUT2D eigenvalue weighted by atomic mass is 35.5. The first-order chi connectivity index (χ1) is 16.1. The number of hydrogen-bond acceptors (Lipinski definition) is 5. The number of aromatic nitrogens is 2. The molecular weight excluding hydrogens is 494 g/mol. The van der Waals surface area contributed by atoms with Gasteiger partial charge in [-0.15, -0.1) is 0 Å². The standard InChI is InChI=1S/C22H22ClF3N3O4P/c1-3-32-34(31,33-4-2)21(15-11-7-5-8-12-15)27-20(30)17-18(22(24,25)26)28-29(19(17)23)16-13-9-6-10-14-16/h5-14,21H,3-4H2,1-2H3,(H,27,30). The smallest absolute Gasteiger partial charge is 0.334 e. The zero-order valence-corrected chi connectivity index (χ0v) is 19.9. The van der Waals surface area contributed by atoms with Crippen molar-refractivity contribution in [2.24, 2.45) is 0 Å². The Balaban J connectivity index is 2.11. The summed E-state index contributed by atoms with van der Waals surface area (Å²) in [5.41, 5.74) is -1.83. The molecule has 2 aromatic carbocycles. The molecule has 0 aliphatic heterocycles. The number of rotatable bonds is 9. The summed E-state index contributed by atoms with van der Waals surface area (Å²) in [6.07, 6.45) is -4.98. The molecule has 0 aliphatic rings. The van der Waals surface area contributed by atoms with Gasteiger partial charge < -0.3 is 14.4 Å². The molecule has 1 amide bonds. The summed E-state index contributed by atoms with van der Waals surface area (Å²) in [6.45, 7) is 3.13. The number of carbonyl (C=O) groups is 1. The molecule has 3 aromatic rings. The van der Waals surface area contributed by atoms with Crippen LogP contribution in [-0.4, -0.2) is 28.9 Å². The van der Waals surface area contributed by atoms with Crippen LogP contribution in [0.1, 0.15) is 41.2 Å². The van der Waals surface area contributed by atoms with Crippen molar-refractivity contribution in [3.05, 3.63) is 82.6 Å². The van der Waals surface area contributed by atoms with E-state index in [9.17, 15) is 22.5 Å². The van der Waals surface area contributed by atoms with Crippen LogP contribution < -0.4 is 5.32 Å². The molecule has 0 bridgehead atoms. The van der Waals surface area contributed by atoms with Gasteiger partial charge in [-0.2, -0.15) is 18.3 Å². The molecule has 1 atom stereocenters. The first kappa shape index (κ1) is 26.0. The molecule has 12 heteroatoms. The summed E-state index contributed by atoms with van der Waals surface area (Å²) >= 11 is 6.24. The van der Waals surface area contributed by atoms with E-state index in [1.54, 1.807) is 62.4 Å². The van der Waals surface area contributed by atoms with Crippen LogP contribution in [0.4, 0.5) is 13.2 Å². The van der Waals surface area contributed by atoms with Crippen molar-refractivity contribution in [1.29, 1.82) is 0 Å². The number of nitrogens with zero attached hydrogens (tertiary/aromatic N) is 2. The fourth-order valence-electron chi connectivity index (χ4n) is 3.26. The van der Waals surface area contributed by atoms with Crippen molar-refractivity contribution in [2.75, 3.05) is 13.2 Å². The zero-order chi connectivity index (χ0) is 24.9. The SMILES string of the molecule is CCOP(=O)(OCC)C(NC(=O)c1c(C(F)(F)F)nn(-c2ccccc2)c1Cl)c1ccccc1. The van der Waals surface area contributed by atoms with Gasteiger partial charge in [0.15, 0.2) is 11.5 Å². The molecule has 1 unspecified atom stereocenters. The molecule has 0 fully saturated rings. The van der Waals surface area contributed by atoms with Gasteiger partial charge in [0, 0.05) is 0 Å². The summed E-state index contributed by atoms with van der Waals surface area (Å²) in [5, 5.41) is 5.39. The average molecular weight is 516 g/mol. The van der Waals surface area contributed by atoms with Crippen LogP contribution in [-0.2, 0) is 19.8 Å². The van der Waals surface area contributed by atoms with Gasteiger partial charge in [0.25, 0.3) is 5.91 Å². The number of halogens is 4. The summed E-state index contributed by atoms with van der Waals surface area (Å²) in [5.74, 6) is -2.62. The monoisotopic (exact) mass is 515 g/mol. The summed E-state index contributed by atoms with van der Waals surface area (Å²) in [4.78, 5) is 13.2. The Bertz CT molecular complexity index is 1160. The van der Waals surface area contributed by atoms with Crippen LogP contribution in [0.3, 0.4) is 0 Å². The average Bonchev–Trinajstić information content (AvgIpc) is 3.16. The van der Waals surface area contributed by atoms with Gasteiger partial charge in [-0.3, -0.25) is 9.36 Å². The van der Waals surface area contributed by atoms with E-state index in [2.05, 4.69) is 10.4 Å². The maximum Gasteiger partial charge on any atom is 0.436 e. The molecule has 1 aromatic heterocycles. The zero-order valence-electron chi connectivity index (χ0n) is 18.3. The Hall–Kier alpha value is -2.65. The number of benzene rings is 2. The lowest BCUT2D eigenvalue weighted by Gasteiger charge is -2.27. The molecular formula is C22H22ClF3N3O4P. The van der Waals surface area contributed by atoms with Gasteiger partial charge in [0.05, 0.1) is 18.9 Å². The number of hydrogen-bond donors (Lipinski definition) is 1. The summed E-state index contributed by atoms with van der Waals surface area (Å²) in [7, 11) is -4.03. The van der Waals surface area contributed by atoms with E-state index in [0.29, 0.717) is 5.56 Å². The quantitative estimate of drug-likeness (QED) is 0.341. The lowest BCUT2D eigenvalue weighted by molar-refractivity contribution is -0.141. The lowest BCUT2D eigenvalue weighted by Crippen LogP contribution is -2.31. The van der Waals surface area contributed by atoms with E-state index < -0.39 is 41.9 Å². The highest BCUT2D eigenvalue weighted by Gasteiger charge is 2.44. The van der Waals surface area contributed by atoms with Gasteiger partial charge >= 0.3 is 13.8 Å². The number of alkyl halides is 3. The van der Waals surface area contributed by atoms with E-state index in [4.69, 9.17) is 20.6 Å². The molecule has 0 radical (unpaired) electrons. The lowest BCUT2D eigenvalue weighted by atomic mass is 10.2. The number of amides is 1.